The lowest BCUT2D eigenvalue weighted by atomic mass is 10.2. The minimum atomic E-state index is -3.84. The van der Waals surface area contributed by atoms with Crippen LogP contribution < -0.4 is 0 Å². The van der Waals surface area contributed by atoms with Crippen LogP contribution in [0.3, 0.4) is 0 Å². The van der Waals surface area contributed by atoms with Gasteiger partial charge in [0.25, 0.3) is 10.0 Å². The molecular formula is C12H16N2O5S2. The van der Waals surface area contributed by atoms with E-state index in [2.05, 4.69) is 0 Å². The molecule has 1 aliphatic rings. The summed E-state index contributed by atoms with van der Waals surface area (Å²) in [6.07, 6.45) is 1.09. The summed E-state index contributed by atoms with van der Waals surface area (Å²) in [6, 6.07) is 0.429. The molecule has 0 spiro atoms. The molecule has 2 rings (SSSR count). The summed E-state index contributed by atoms with van der Waals surface area (Å²) in [6.45, 7) is 0.271. The zero-order valence-electron chi connectivity index (χ0n) is 11.6. The smallest absolute Gasteiger partial charge is 0.336 e. The number of carboxylic acids is 1. The van der Waals surface area contributed by atoms with Crippen LogP contribution >= 0.6 is 11.3 Å². The number of likely N-dealkylation sites (N-methyl/N-ethyl adjacent to an activating group) is 1. The minimum absolute atomic E-state index is 0.0432. The van der Waals surface area contributed by atoms with Crippen LogP contribution in [-0.4, -0.2) is 61.3 Å². The van der Waals surface area contributed by atoms with E-state index >= 15 is 0 Å². The van der Waals surface area contributed by atoms with E-state index in [0.717, 1.165) is 17.4 Å². The normalized spacial score (nSPS) is 19.6. The Balaban J connectivity index is 2.33. The third-order valence-corrected chi connectivity index (χ3v) is 6.64. The van der Waals surface area contributed by atoms with E-state index in [-0.39, 0.29) is 22.2 Å². The molecule has 1 unspecified atom stereocenters. The highest BCUT2D eigenvalue weighted by molar-refractivity contribution is 7.91. The molecule has 1 aliphatic heterocycles. The van der Waals surface area contributed by atoms with E-state index in [1.807, 2.05) is 0 Å². The number of nitrogens with zero attached hydrogens (tertiary/aromatic N) is 2. The number of hydrogen-bond acceptors (Lipinski definition) is 5. The summed E-state index contributed by atoms with van der Waals surface area (Å²) in [5, 5.41) is 10.2. The molecule has 0 aromatic carbocycles. The van der Waals surface area contributed by atoms with Crippen molar-refractivity contribution in [2.24, 2.45) is 0 Å². The van der Waals surface area contributed by atoms with Crippen LogP contribution in [0.4, 0.5) is 0 Å². The fourth-order valence-electron chi connectivity index (χ4n) is 2.25. The average molecular weight is 332 g/mol. The molecule has 1 aromatic rings. The Morgan fingerprint density at radius 2 is 2.10 bits per heavy atom. The van der Waals surface area contributed by atoms with Crippen molar-refractivity contribution in [2.45, 2.75) is 23.1 Å². The standard InChI is InChI=1S/C12H16N2O5S2/c1-13(2)11(15)9-4-3-5-14(9)21(18,19)10-6-8(7-20-10)12(16)17/h6-7,9H,3-5H2,1-2H3,(H,16,17). The third kappa shape index (κ3) is 2.94. The lowest BCUT2D eigenvalue weighted by Crippen LogP contribution is -2.45. The van der Waals surface area contributed by atoms with Crippen molar-refractivity contribution in [3.63, 3.8) is 0 Å². The van der Waals surface area contributed by atoms with Crippen LogP contribution in [0.5, 0.6) is 0 Å². The molecule has 0 saturated carbocycles. The largest absolute Gasteiger partial charge is 0.478 e. The predicted octanol–water partition coefficient (Wildman–Crippen LogP) is 0.688. The number of hydrogen-bond donors (Lipinski definition) is 1. The van der Waals surface area contributed by atoms with E-state index < -0.39 is 22.0 Å². The van der Waals surface area contributed by atoms with Gasteiger partial charge in [-0.15, -0.1) is 11.3 Å². The molecule has 21 heavy (non-hydrogen) atoms. The molecule has 7 nitrogen and oxygen atoms in total. The topological polar surface area (TPSA) is 95.0 Å². The van der Waals surface area contributed by atoms with Crippen LogP contribution in [0.2, 0.25) is 0 Å². The molecule has 1 aromatic heterocycles. The maximum absolute atomic E-state index is 12.6. The first-order chi connectivity index (χ1) is 9.75. The molecule has 0 aliphatic carbocycles. The number of sulfonamides is 1. The fraction of sp³-hybridized carbons (Fsp3) is 0.500. The number of carbonyl (C=O) groups is 2. The molecule has 116 valence electrons. The molecule has 2 heterocycles. The van der Waals surface area contributed by atoms with Gasteiger partial charge in [-0.2, -0.15) is 4.31 Å². The molecule has 1 amide bonds. The van der Waals surface area contributed by atoms with Gasteiger partial charge in [-0.3, -0.25) is 4.79 Å². The van der Waals surface area contributed by atoms with Gasteiger partial charge in [0, 0.05) is 26.0 Å². The quantitative estimate of drug-likeness (QED) is 0.875. The van der Waals surface area contributed by atoms with Gasteiger partial charge in [-0.05, 0) is 18.9 Å². The molecule has 9 heteroatoms. The lowest BCUT2D eigenvalue weighted by molar-refractivity contribution is -0.132. The first kappa shape index (κ1) is 15.9. The van der Waals surface area contributed by atoms with Gasteiger partial charge in [0.05, 0.1) is 5.56 Å². The first-order valence-corrected chi connectivity index (χ1v) is 8.62. The van der Waals surface area contributed by atoms with Gasteiger partial charge in [-0.1, -0.05) is 0 Å². The third-order valence-electron chi connectivity index (χ3n) is 3.31. The van der Waals surface area contributed by atoms with E-state index in [0.29, 0.717) is 12.8 Å². The Bertz CT molecular complexity index is 665. The van der Waals surface area contributed by atoms with Gasteiger partial charge in [0.2, 0.25) is 5.91 Å². The summed E-state index contributed by atoms with van der Waals surface area (Å²) in [5.74, 6) is -1.43. The summed E-state index contributed by atoms with van der Waals surface area (Å²) in [4.78, 5) is 24.3. The van der Waals surface area contributed by atoms with Gasteiger partial charge < -0.3 is 10.0 Å². The molecular weight excluding hydrogens is 316 g/mol. The number of amides is 1. The summed E-state index contributed by atoms with van der Waals surface area (Å²) >= 11 is 0.858. The van der Waals surface area contributed by atoms with Crippen molar-refractivity contribution in [2.75, 3.05) is 20.6 Å². The Hall–Kier alpha value is -1.45. The Morgan fingerprint density at radius 1 is 1.43 bits per heavy atom. The van der Waals surface area contributed by atoms with Crippen LogP contribution in [0, 0.1) is 0 Å². The number of carboxylic acid groups (broad SMARTS) is 1. The number of aromatic carboxylic acids is 1. The lowest BCUT2D eigenvalue weighted by Gasteiger charge is -2.24. The first-order valence-electron chi connectivity index (χ1n) is 6.30. The van der Waals surface area contributed by atoms with Gasteiger partial charge in [0.15, 0.2) is 0 Å². The fourth-order valence-corrected chi connectivity index (χ4v) is 5.18. The van der Waals surface area contributed by atoms with Crippen LogP contribution in [0.25, 0.3) is 0 Å². The Morgan fingerprint density at radius 3 is 2.62 bits per heavy atom. The molecule has 1 atom stereocenters. The summed E-state index contributed by atoms with van der Waals surface area (Å²) < 4.78 is 26.3. The van der Waals surface area contributed by atoms with E-state index in [1.165, 1.54) is 14.6 Å². The highest BCUT2D eigenvalue weighted by Gasteiger charge is 2.40. The SMILES string of the molecule is CN(C)C(=O)C1CCCN1S(=O)(=O)c1cc(C(=O)O)cs1. The number of thiophene rings is 1. The summed E-state index contributed by atoms with van der Waals surface area (Å²) in [5.41, 5.74) is -0.0618. The zero-order valence-corrected chi connectivity index (χ0v) is 13.3. The van der Waals surface area contributed by atoms with Crippen molar-refractivity contribution in [1.82, 2.24) is 9.21 Å². The predicted molar refractivity (Wildman–Crippen MR) is 76.9 cm³/mol. The minimum Gasteiger partial charge on any atom is -0.478 e. The van der Waals surface area contributed by atoms with Crippen molar-refractivity contribution >= 4 is 33.2 Å². The van der Waals surface area contributed by atoms with Gasteiger partial charge in [0.1, 0.15) is 10.3 Å². The highest BCUT2D eigenvalue weighted by Crippen LogP contribution is 2.30. The van der Waals surface area contributed by atoms with Crippen molar-refractivity contribution in [3.8, 4) is 0 Å². The molecule has 1 N–H and O–H groups in total. The van der Waals surface area contributed by atoms with Crippen molar-refractivity contribution in [1.29, 1.82) is 0 Å². The second kappa shape index (κ2) is 5.74. The van der Waals surface area contributed by atoms with E-state index in [4.69, 9.17) is 5.11 Å². The monoisotopic (exact) mass is 332 g/mol. The van der Waals surface area contributed by atoms with Crippen LogP contribution in [-0.2, 0) is 14.8 Å². The van der Waals surface area contributed by atoms with E-state index in [1.54, 1.807) is 14.1 Å². The van der Waals surface area contributed by atoms with Crippen molar-refractivity contribution < 1.29 is 23.1 Å². The maximum atomic E-state index is 12.6. The summed E-state index contributed by atoms with van der Waals surface area (Å²) in [7, 11) is -0.673. The zero-order chi connectivity index (χ0) is 15.8. The van der Waals surface area contributed by atoms with Gasteiger partial charge in [-0.25, -0.2) is 13.2 Å². The maximum Gasteiger partial charge on any atom is 0.336 e. The molecule has 1 fully saturated rings. The van der Waals surface area contributed by atoms with Gasteiger partial charge >= 0.3 is 5.97 Å². The van der Waals surface area contributed by atoms with Crippen LogP contribution in [0.15, 0.2) is 15.7 Å². The molecule has 0 bridgehead atoms. The van der Waals surface area contributed by atoms with E-state index in [9.17, 15) is 18.0 Å². The highest BCUT2D eigenvalue weighted by atomic mass is 32.2. The van der Waals surface area contributed by atoms with Crippen LogP contribution in [0.1, 0.15) is 23.2 Å². The van der Waals surface area contributed by atoms with Crippen molar-refractivity contribution in [3.05, 3.63) is 17.0 Å². The second-order valence-corrected chi connectivity index (χ2v) is 7.99. The average Bonchev–Trinajstić information content (AvgIpc) is 3.07. The Labute approximate surface area is 126 Å². The molecule has 0 radical (unpaired) electrons. The number of carbonyl (C=O) groups excluding carboxylic acids is 1. The Kier molecular flexibility index (Phi) is 4.35. The molecule has 1 saturated heterocycles. The second-order valence-electron chi connectivity index (χ2n) is 4.97. The number of rotatable bonds is 4.